The molecule has 30 heavy (non-hydrogen) atoms. The van der Waals surface area contributed by atoms with Gasteiger partial charge in [-0.1, -0.05) is 27.7 Å². The topological polar surface area (TPSA) is 180 Å². The standard InChI is InChI=1S/2C9H18O5S/c1-4(2)15-9-8(13)7(12)6(11)5(3-10)14-9;1-4(2)9(15)8(13)7(12)6(11)5(3-10)14-9/h4-13H,3H2,1-2H3;4-8,10-13,15H,3H2,1-2H3/t2*5-,6+,7+,8-,9?/m11/s1. The average molecular weight is 477 g/mol. The maximum atomic E-state index is 9.76. The summed E-state index contributed by atoms with van der Waals surface area (Å²) in [6.07, 6.45) is -9.36. The highest BCUT2D eigenvalue weighted by Crippen LogP contribution is 2.38. The fourth-order valence-electron chi connectivity index (χ4n) is 3.10. The van der Waals surface area contributed by atoms with Gasteiger partial charge in [-0.2, -0.15) is 0 Å². The van der Waals surface area contributed by atoms with Gasteiger partial charge in [-0.25, -0.2) is 0 Å². The maximum Gasteiger partial charge on any atom is 0.142 e. The minimum Gasteiger partial charge on any atom is -0.394 e. The van der Waals surface area contributed by atoms with Crippen LogP contribution >= 0.6 is 24.4 Å². The van der Waals surface area contributed by atoms with Gasteiger partial charge in [0.05, 0.1) is 13.2 Å². The van der Waals surface area contributed by atoms with Crippen LogP contribution in [0, 0.1) is 5.92 Å². The first-order chi connectivity index (χ1) is 13.8. The molecule has 2 fully saturated rings. The molecule has 0 aromatic rings. The Kier molecular flexibility index (Phi) is 11.3. The molecule has 2 heterocycles. The summed E-state index contributed by atoms with van der Waals surface area (Å²) in [4.78, 5) is -1.26. The van der Waals surface area contributed by atoms with E-state index < -0.39 is 65.8 Å². The number of aliphatic hydroxyl groups is 8. The molecule has 0 aromatic heterocycles. The highest BCUT2D eigenvalue weighted by molar-refractivity contribution is 8.00. The lowest BCUT2D eigenvalue weighted by Gasteiger charge is -2.48. The van der Waals surface area contributed by atoms with Crippen molar-refractivity contribution in [2.24, 2.45) is 5.92 Å². The summed E-state index contributed by atoms with van der Waals surface area (Å²) >= 11 is 5.55. The zero-order chi connectivity index (χ0) is 23.4. The van der Waals surface area contributed by atoms with Crippen molar-refractivity contribution in [3.8, 4) is 0 Å². The van der Waals surface area contributed by atoms with E-state index in [2.05, 4.69) is 12.6 Å². The smallest absolute Gasteiger partial charge is 0.142 e. The molecule has 2 aliphatic heterocycles. The predicted molar refractivity (Wildman–Crippen MR) is 113 cm³/mol. The lowest BCUT2D eigenvalue weighted by molar-refractivity contribution is -0.251. The number of thiol groups is 1. The number of hydrogen-bond donors (Lipinski definition) is 9. The third-order valence-corrected chi connectivity index (χ3v) is 7.17. The first-order valence-corrected chi connectivity index (χ1v) is 11.2. The van der Waals surface area contributed by atoms with Crippen molar-refractivity contribution >= 4 is 24.4 Å². The molecule has 10 nitrogen and oxygen atoms in total. The van der Waals surface area contributed by atoms with Gasteiger partial charge in [0.25, 0.3) is 0 Å². The Morgan fingerprint density at radius 2 is 1.30 bits per heavy atom. The summed E-state index contributed by atoms with van der Waals surface area (Å²) in [6, 6.07) is 0. The van der Waals surface area contributed by atoms with Crippen molar-refractivity contribution in [1.29, 1.82) is 0 Å². The van der Waals surface area contributed by atoms with Crippen LogP contribution in [0.4, 0.5) is 0 Å². The van der Waals surface area contributed by atoms with E-state index in [-0.39, 0.29) is 17.8 Å². The second-order valence-corrected chi connectivity index (χ2v) is 10.4. The van der Waals surface area contributed by atoms with Crippen LogP contribution in [-0.2, 0) is 9.47 Å². The molecule has 2 rings (SSSR count). The quantitative estimate of drug-likeness (QED) is 0.194. The lowest BCUT2D eigenvalue weighted by atomic mass is 9.89. The second-order valence-electron chi connectivity index (χ2n) is 8.05. The summed E-state index contributed by atoms with van der Waals surface area (Å²) in [5.41, 5.74) is -0.611. The van der Waals surface area contributed by atoms with Gasteiger partial charge in [0.1, 0.15) is 59.2 Å². The Hall–Kier alpha value is 0.300. The molecule has 0 aromatic carbocycles. The van der Waals surface area contributed by atoms with E-state index >= 15 is 0 Å². The van der Waals surface area contributed by atoms with Gasteiger partial charge in [0.15, 0.2) is 0 Å². The van der Waals surface area contributed by atoms with E-state index in [4.69, 9.17) is 19.7 Å². The van der Waals surface area contributed by atoms with Crippen LogP contribution in [0.15, 0.2) is 0 Å². The van der Waals surface area contributed by atoms with Gasteiger partial charge < -0.3 is 50.3 Å². The lowest BCUT2D eigenvalue weighted by Crippen LogP contribution is -2.64. The fourth-order valence-corrected chi connectivity index (χ4v) is 4.46. The van der Waals surface area contributed by atoms with Crippen LogP contribution in [0.2, 0.25) is 0 Å². The van der Waals surface area contributed by atoms with Gasteiger partial charge in [0.2, 0.25) is 0 Å². The Labute approximate surface area is 186 Å². The minimum atomic E-state index is -1.37. The predicted octanol–water partition coefficient (Wildman–Crippen LogP) is -2.33. The molecule has 0 radical (unpaired) electrons. The third kappa shape index (κ3) is 6.42. The van der Waals surface area contributed by atoms with E-state index in [1.165, 1.54) is 11.8 Å². The molecule has 2 saturated heterocycles. The highest BCUT2D eigenvalue weighted by Gasteiger charge is 2.52. The van der Waals surface area contributed by atoms with E-state index in [1.807, 2.05) is 13.8 Å². The van der Waals surface area contributed by atoms with Crippen LogP contribution in [0.25, 0.3) is 0 Å². The monoisotopic (exact) mass is 476 g/mol. The summed E-state index contributed by atoms with van der Waals surface area (Å²) in [6.45, 7) is 6.61. The molecular weight excluding hydrogens is 440 g/mol. The van der Waals surface area contributed by atoms with Crippen LogP contribution in [0.3, 0.4) is 0 Å². The summed E-state index contributed by atoms with van der Waals surface area (Å²) in [5.74, 6) is -0.174. The molecule has 0 spiro atoms. The Balaban J connectivity index is 0.000000300. The number of ether oxygens (including phenoxy) is 2. The van der Waals surface area contributed by atoms with Crippen LogP contribution in [-0.4, -0.2) is 119 Å². The van der Waals surface area contributed by atoms with Crippen molar-refractivity contribution in [1.82, 2.24) is 0 Å². The maximum absolute atomic E-state index is 9.76. The SMILES string of the molecule is CC(C)C1(S)O[C@H](CO)[C@H](O)[C@H](O)[C@H]1O.CC(C)SC1O[C@H](CO)[C@H](O)[C@H](O)[C@H]1O. The van der Waals surface area contributed by atoms with Gasteiger partial charge >= 0.3 is 0 Å². The molecule has 10 atom stereocenters. The largest absolute Gasteiger partial charge is 0.394 e. The zero-order valence-electron chi connectivity index (χ0n) is 17.5. The summed E-state index contributed by atoms with van der Waals surface area (Å²) in [5, 5.41) is 75.6. The van der Waals surface area contributed by atoms with Gasteiger partial charge in [-0.05, 0) is 5.92 Å². The fraction of sp³-hybridized carbons (Fsp3) is 1.00. The molecule has 0 aliphatic carbocycles. The number of hydrogen-bond acceptors (Lipinski definition) is 12. The summed E-state index contributed by atoms with van der Waals surface area (Å²) in [7, 11) is 0. The van der Waals surface area contributed by atoms with Crippen molar-refractivity contribution < 1.29 is 50.3 Å². The van der Waals surface area contributed by atoms with Gasteiger partial charge in [0, 0.05) is 5.25 Å². The Morgan fingerprint density at radius 3 is 1.73 bits per heavy atom. The van der Waals surface area contributed by atoms with E-state index in [0.717, 1.165) is 0 Å². The van der Waals surface area contributed by atoms with Crippen LogP contribution in [0.1, 0.15) is 27.7 Å². The molecule has 0 bridgehead atoms. The molecule has 180 valence electrons. The second kappa shape index (κ2) is 12.0. The Morgan fingerprint density at radius 1 is 0.800 bits per heavy atom. The van der Waals surface area contributed by atoms with E-state index in [1.54, 1.807) is 13.8 Å². The molecule has 2 aliphatic rings. The highest BCUT2D eigenvalue weighted by atomic mass is 32.2. The van der Waals surface area contributed by atoms with Gasteiger partial charge in [-0.15, -0.1) is 24.4 Å². The van der Waals surface area contributed by atoms with Crippen LogP contribution < -0.4 is 0 Å². The minimum absolute atomic E-state index is 0.174. The zero-order valence-corrected chi connectivity index (χ0v) is 19.2. The molecule has 2 unspecified atom stereocenters. The summed E-state index contributed by atoms with van der Waals surface area (Å²) < 4.78 is 10.6. The van der Waals surface area contributed by atoms with Gasteiger partial charge in [-0.3, -0.25) is 0 Å². The molecule has 0 saturated carbocycles. The number of rotatable bonds is 5. The number of thioether (sulfide) groups is 1. The first kappa shape index (κ1) is 28.3. The number of aliphatic hydroxyl groups excluding tert-OH is 8. The molecule has 12 heteroatoms. The molecule has 0 amide bonds. The van der Waals surface area contributed by atoms with Crippen molar-refractivity contribution in [3.05, 3.63) is 0 Å². The van der Waals surface area contributed by atoms with Crippen molar-refractivity contribution in [3.63, 3.8) is 0 Å². The first-order valence-electron chi connectivity index (χ1n) is 9.82. The Bertz CT molecular complexity index is 509. The average Bonchev–Trinajstić information content (AvgIpc) is 2.69. The van der Waals surface area contributed by atoms with Crippen LogP contribution in [0.5, 0.6) is 0 Å². The van der Waals surface area contributed by atoms with Crippen molar-refractivity contribution in [2.45, 2.75) is 92.1 Å². The normalized spacial score (nSPS) is 44.7. The van der Waals surface area contributed by atoms with Crippen molar-refractivity contribution in [2.75, 3.05) is 13.2 Å². The molecular formula is C18H36O10S2. The van der Waals surface area contributed by atoms with E-state index in [9.17, 15) is 30.6 Å². The molecule has 8 N–H and O–H groups in total. The van der Waals surface area contributed by atoms with E-state index in [0.29, 0.717) is 0 Å². The third-order valence-electron chi connectivity index (χ3n) is 5.08.